The Morgan fingerprint density at radius 3 is 2.85 bits per heavy atom. The maximum absolute atomic E-state index is 13.8. The number of nitrogens with one attached hydrogen (secondary N) is 1. The van der Waals surface area contributed by atoms with E-state index in [0.29, 0.717) is 12.6 Å². The van der Waals surface area contributed by atoms with Gasteiger partial charge in [-0.1, -0.05) is 42.3 Å². The van der Waals surface area contributed by atoms with Gasteiger partial charge in [-0.15, -0.1) is 10.2 Å². The van der Waals surface area contributed by atoms with Crippen LogP contribution in [0.1, 0.15) is 49.5 Å². The van der Waals surface area contributed by atoms with Crippen molar-refractivity contribution in [1.29, 1.82) is 0 Å². The molecule has 0 bridgehead atoms. The Hall–Kier alpha value is -1.60. The van der Waals surface area contributed by atoms with Gasteiger partial charge in [-0.05, 0) is 37.7 Å². The van der Waals surface area contributed by atoms with Crippen LogP contribution < -0.4 is 5.32 Å². The minimum absolute atomic E-state index is 0.0552. The molecular formula is C19H24ClFN4OS. The van der Waals surface area contributed by atoms with Crippen LogP contribution in [0.25, 0.3) is 0 Å². The van der Waals surface area contributed by atoms with Crippen LogP contribution in [0.4, 0.5) is 4.39 Å². The van der Waals surface area contributed by atoms with Crippen molar-refractivity contribution in [2.75, 3.05) is 12.8 Å². The molecule has 0 atom stereocenters. The molecule has 146 valence electrons. The van der Waals surface area contributed by atoms with Gasteiger partial charge >= 0.3 is 0 Å². The number of hydrogen-bond donors (Lipinski definition) is 1. The number of benzene rings is 1. The number of aryl methyl sites for hydroxylation is 1. The highest BCUT2D eigenvalue weighted by atomic mass is 35.5. The number of carbonyl (C=O) groups is 1. The molecule has 1 N–H and O–H groups in total. The van der Waals surface area contributed by atoms with Gasteiger partial charge in [0.15, 0.2) is 5.16 Å². The van der Waals surface area contributed by atoms with Gasteiger partial charge in [0.25, 0.3) is 0 Å². The van der Waals surface area contributed by atoms with Crippen LogP contribution in [0.15, 0.2) is 23.4 Å². The molecule has 27 heavy (non-hydrogen) atoms. The van der Waals surface area contributed by atoms with Crippen molar-refractivity contribution in [2.45, 2.75) is 56.1 Å². The number of thioether (sulfide) groups is 1. The Balaban J connectivity index is 1.50. The van der Waals surface area contributed by atoms with Gasteiger partial charge in [-0.2, -0.15) is 0 Å². The zero-order valence-electron chi connectivity index (χ0n) is 15.4. The van der Waals surface area contributed by atoms with E-state index in [-0.39, 0.29) is 22.9 Å². The van der Waals surface area contributed by atoms with Crippen LogP contribution >= 0.6 is 23.4 Å². The average molecular weight is 411 g/mol. The number of carbonyl (C=O) groups excluding carboxylic acids is 1. The van der Waals surface area contributed by atoms with E-state index in [0.717, 1.165) is 23.8 Å². The molecule has 0 radical (unpaired) electrons. The number of nitrogens with zero attached hydrogens (tertiary/aromatic N) is 3. The molecule has 1 amide bonds. The summed E-state index contributed by atoms with van der Waals surface area (Å²) < 4.78 is 16.0. The molecule has 1 heterocycles. The van der Waals surface area contributed by atoms with Gasteiger partial charge in [-0.3, -0.25) is 4.79 Å². The third-order valence-corrected chi connectivity index (χ3v) is 5.90. The Labute approximate surface area is 168 Å². The van der Waals surface area contributed by atoms with Crippen molar-refractivity contribution in [3.8, 4) is 0 Å². The van der Waals surface area contributed by atoms with Gasteiger partial charge < -0.3 is 9.88 Å². The van der Waals surface area contributed by atoms with Crippen LogP contribution in [0.5, 0.6) is 0 Å². The second-order valence-corrected chi connectivity index (χ2v) is 7.92. The summed E-state index contributed by atoms with van der Waals surface area (Å²) in [4.78, 5) is 12.1. The molecular weight excluding hydrogens is 387 g/mol. The van der Waals surface area contributed by atoms with Gasteiger partial charge in [0.05, 0.1) is 6.42 Å². The molecule has 1 aromatic heterocycles. The van der Waals surface area contributed by atoms with E-state index in [4.69, 9.17) is 11.6 Å². The SMILES string of the molecule is CSc1nnc(CCCNC(=O)Cc2c(F)cccc2Cl)n1C1CCCC1. The van der Waals surface area contributed by atoms with Gasteiger partial charge in [0.1, 0.15) is 11.6 Å². The fraction of sp³-hybridized carbons (Fsp3) is 0.526. The van der Waals surface area contributed by atoms with E-state index in [9.17, 15) is 9.18 Å². The molecule has 1 aliphatic rings. The molecule has 8 heteroatoms. The Morgan fingerprint density at radius 2 is 2.15 bits per heavy atom. The molecule has 1 saturated carbocycles. The lowest BCUT2D eigenvalue weighted by Crippen LogP contribution is -2.27. The number of rotatable bonds is 8. The zero-order valence-corrected chi connectivity index (χ0v) is 17.0. The first-order chi connectivity index (χ1) is 13.1. The first-order valence-electron chi connectivity index (χ1n) is 9.27. The van der Waals surface area contributed by atoms with E-state index < -0.39 is 5.82 Å². The van der Waals surface area contributed by atoms with Gasteiger partial charge in [-0.25, -0.2) is 4.39 Å². The van der Waals surface area contributed by atoms with Crippen LogP contribution in [0.2, 0.25) is 5.02 Å². The first-order valence-corrected chi connectivity index (χ1v) is 10.9. The second kappa shape index (κ2) is 9.55. The minimum atomic E-state index is -0.452. The lowest BCUT2D eigenvalue weighted by molar-refractivity contribution is -0.120. The number of halogens is 2. The standard InChI is InChI=1S/C19H24ClFN4OS/c1-27-19-24-23-17(25(19)13-6-2-3-7-13)10-5-11-22-18(26)12-14-15(20)8-4-9-16(14)21/h4,8-9,13H,2-3,5-7,10-12H2,1H3,(H,22,26). The Bertz CT molecular complexity index is 772. The van der Waals surface area contributed by atoms with Crippen molar-refractivity contribution in [1.82, 2.24) is 20.1 Å². The minimum Gasteiger partial charge on any atom is -0.356 e. The molecule has 0 aliphatic heterocycles. The van der Waals surface area contributed by atoms with E-state index in [1.54, 1.807) is 17.8 Å². The summed E-state index contributed by atoms with van der Waals surface area (Å²) in [5.41, 5.74) is 0.238. The maximum Gasteiger partial charge on any atom is 0.224 e. The summed E-state index contributed by atoms with van der Waals surface area (Å²) in [6.45, 7) is 0.511. The third-order valence-electron chi connectivity index (χ3n) is 4.91. The summed E-state index contributed by atoms with van der Waals surface area (Å²) in [5, 5.41) is 12.7. The summed E-state index contributed by atoms with van der Waals surface area (Å²) in [7, 11) is 0. The Morgan fingerprint density at radius 1 is 1.37 bits per heavy atom. The number of aromatic nitrogens is 3. The topological polar surface area (TPSA) is 59.8 Å². The molecule has 1 aliphatic carbocycles. The van der Waals surface area contributed by atoms with Crippen molar-refractivity contribution in [3.63, 3.8) is 0 Å². The molecule has 2 aromatic rings. The van der Waals surface area contributed by atoms with Crippen LogP contribution in [0, 0.1) is 5.82 Å². The molecule has 5 nitrogen and oxygen atoms in total. The third kappa shape index (κ3) is 5.02. The molecule has 0 unspecified atom stereocenters. The zero-order chi connectivity index (χ0) is 19.2. The van der Waals surface area contributed by atoms with Crippen LogP contribution in [-0.4, -0.2) is 33.5 Å². The van der Waals surface area contributed by atoms with Crippen molar-refractivity contribution < 1.29 is 9.18 Å². The predicted molar refractivity (Wildman–Crippen MR) is 106 cm³/mol. The smallest absolute Gasteiger partial charge is 0.224 e. The van der Waals surface area contributed by atoms with Gasteiger partial charge in [0.2, 0.25) is 5.91 Å². The van der Waals surface area contributed by atoms with E-state index in [2.05, 4.69) is 20.1 Å². The summed E-state index contributed by atoms with van der Waals surface area (Å²) >= 11 is 7.59. The first kappa shape index (κ1) is 20.1. The highest BCUT2D eigenvalue weighted by Gasteiger charge is 2.23. The average Bonchev–Trinajstić information content (AvgIpc) is 3.31. The van der Waals surface area contributed by atoms with Crippen LogP contribution in [-0.2, 0) is 17.6 Å². The lowest BCUT2D eigenvalue weighted by Gasteiger charge is -2.16. The molecule has 1 fully saturated rings. The quantitative estimate of drug-likeness (QED) is 0.523. The van der Waals surface area contributed by atoms with Crippen molar-refractivity contribution in [2.24, 2.45) is 0 Å². The maximum atomic E-state index is 13.8. The summed E-state index contributed by atoms with van der Waals surface area (Å²) in [6.07, 6.45) is 8.35. The van der Waals surface area contributed by atoms with E-state index in [1.165, 1.54) is 37.8 Å². The van der Waals surface area contributed by atoms with Gasteiger partial charge in [0, 0.05) is 29.6 Å². The number of amides is 1. The molecule has 3 rings (SSSR count). The summed E-state index contributed by atoms with van der Waals surface area (Å²) in [5.74, 6) is 0.300. The highest BCUT2D eigenvalue weighted by Crippen LogP contribution is 2.33. The molecule has 1 aromatic carbocycles. The summed E-state index contributed by atoms with van der Waals surface area (Å²) in [6, 6.07) is 4.93. The highest BCUT2D eigenvalue weighted by molar-refractivity contribution is 7.98. The fourth-order valence-electron chi connectivity index (χ4n) is 3.54. The molecule has 0 spiro atoms. The van der Waals surface area contributed by atoms with Crippen LogP contribution in [0.3, 0.4) is 0 Å². The Kier molecular flexibility index (Phi) is 7.13. The fourth-order valence-corrected chi connectivity index (χ4v) is 4.35. The predicted octanol–water partition coefficient (Wildman–Crippen LogP) is 4.20. The van der Waals surface area contributed by atoms with Crippen molar-refractivity contribution in [3.05, 3.63) is 40.4 Å². The number of hydrogen-bond acceptors (Lipinski definition) is 4. The van der Waals surface area contributed by atoms with E-state index >= 15 is 0 Å². The lowest BCUT2D eigenvalue weighted by atomic mass is 10.1. The van der Waals surface area contributed by atoms with E-state index in [1.807, 2.05) is 6.26 Å². The van der Waals surface area contributed by atoms with Crippen molar-refractivity contribution >= 4 is 29.3 Å². The second-order valence-electron chi connectivity index (χ2n) is 6.74. The largest absolute Gasteiger partial charge is 0.356 e. The molecule has 0 saturated heterocycles. The monoisotopic (exact) mass is 410 g/mol. The normalized spacial score (nSPS) is 14.6.